The summed E-state index contributed by atoms with van der Waals surface area (Å²) in [6, 6.07) is 34.7. The van der Waals surface area contributed by atoms with Crippen molar-refractivity contribution in [2.24, 2.45) is 0 Å². The van der Waals surface area contributed by atoms with Gasteiger partial charge >= 0.3 is 7.52 Å². The summed E-state index contributed by atoms with van der Waals surface area (Å²) in [4.78, 5) is 0. The van der Waals surface area contributed by atoms with Crippen molar-refractivity contribution in [2.75, 3.05) is 5.09 Å². The van der Waals surface area contributed by atoms with Gasteiger partial charge in [0.25, 0.3) is 0 Å². The molecule has 0 amide bonds. The van der Waals surface area contributed by atoms with Gasteiger partial charge in [-0.15, -0.1) is 0 Å². The normalized spacial score (nSPS) is 17.3. The van der Waals surface area contributed by atoms with Gasteiger partial charge in [0.05, 0.1) is 11.0 Å². The Morgan fingerprint density at radius 1 is 0.714 bits per heavy atom. The molecule has 1 aliphatic heterocycles. The summed E-state index contributed by atoms with van der Waals surface area (Å²) in [7, 11) is -3.47. The third-order valence-electron chi connectivity index (χ3n) is 6.88. The Bertz CT molecular complexity index is 1810. The SMILES string of the molecule is Cc1ccc(C2=Cc3c(cc4ccc5cccc6ccc3c4c56)NP2(=O)Oc2ccccc2)cc1. The molecule has 3 nitrogen and oxygen atoms in total. The number of hydrogen-bond donors (Lipinski definition) is 1. The first-order chi connectivity index (χ1) is 17.1. The number of benzene rings is 6. The lowest BCUT2D eigenvalue weighted by atomic mass is 9.91. The van der Waals surface area contributed by atoms with Gasteiger partial charge in [-0.3, -0.25) is 0 Å². The highest BCUT2D eigenvalue weighted by molar-refractivity contribution is 7.72. The van der Waals surface area contributed by atoms with Crippen LogP contribution in [0.1, 0.15) is 16.7 Å². The molecule has 0 saturated carbocycles. The molecule has 168 valence electrons. The first kappa shape index (κ1) is 20.3. The van der Waals surface area contributed by atoms with Gasteiger partial charge in [-0.2, -0.15) is 0 Å². The summed E-state index contributed by atoms with van der Waals surface area (Å²) < 4.78 is 20.7. The molecule has 1 atom stereocenters. The minimum Gasteiger partial charge on any atom is -0.426 e. The zero-order valence-corrected chi connectivity index (χ0v) is 20.1. The Morgan fingerprint density at radius 2 is 1.43 bits per heavy atom. The number of rotatable bonds is 3. The van der Waals surface area contributed by atoms with Crippen LogP contribution in [-0.4, -0.2) is 0 Å². The Balaban J connectivity index is 1.52. The summed E-state index contributed by atoms with van der Waals surface area (Å²) >= 11 is 0. The molecule has 6 aromatic carbocycles. The van der Waals surface area contributed by atoms with E-state index in [4.69, 9.17) is 4.52 Å². The van der Waals surface area contributed by atoms with Gasteiger partial charge in [-0.25, -0.2) is 4.57 Å². The van der Waals surface area contributed by atoms with Crippen molar-refractivity contribution in [3.63, 3.8) is 0 Å². The van der Waals surface area contributed by atoms with Crippen molar-refractivity contribution >= 4 is 56.9 Å². The molecule has 6 aromatic rings. The van der Waals surface area contributed by atoms with E-state index in [0.29, 0.717) is 11.1 Å². The minimum atomic E-state index is -3.47. The number of hydrogen-bond acceptors (Lipinski definition) is 2. The lowest BCUT2D eigenvalue weighted by Crippen LogP contribution is -2.11. The second-order valence-corrected chi connectivity index (χ2v) is 11.1. The smallest absolute Gasteiger partial charge is 0.372 e. The topological polar surface area (TPSA) is 38.3 Å². The van der Waals surface area contributed by atoms with Crippen LogP contribution in [0.5, 0.6) is 5.75 Å². The fourth-order valence-corrected chi connectivity index (χ4v) is 7.17. The van der Waals surface area contributed by atoms with Crippen LogP contribution in [0.4, 0.5) is 5.69 Å². The van der Waals surface area contributed by atoms with Crippen LogP contribution in [-0.2, 0) is 4.57 Å². The second kappa shape index (κ2) is 7.46. The molecule has 1 aliphatic rings. The third kappa shape index (κ3) is 3.16. The predicted molar refractivity (Wildman–Crippen MR) is 147 cm³/mol. The standard InChI is InChI=1S/C31H22NO2P/c1-20-10-12-21(13-11-20)29-19-27-26-17-16-23-7-5-6-22-14-15-24(31(26)30(22)23)18-28(27)32-35(29,33)34-25-8-3-2-4-9-25/h2-19H,1H3,(H,32,33). The maximum Gasteiger partial charge on any atom is 0.372 e. The number of nitrogens with one attached hydrogen (secondary N) is 1. The molecular formula is C31H22NO2P. The van der Waals surface area contributed by atoms with Crippen molar-refractivity contribution in [1.82, 2.24) is 0 Å². The molecule has 1 unspecified atom stereocenters. The van der Waals surface area contributed by atoms with Gasteiger partial charge in [0.2, 0.25) is 0 Å². The van der Waals surface area contributed by atoms with E-state index >= 15 is 0 Å². The molecule has 0 aliphatic carbocycles. The maximum absolute atomic E-state index is 14.5. The zero-order chi connectivity index (χ0) is 23.6. The summed E-state index contributed by atoms with van der Waals surface area (Å²) in [6.45, 7) is 2.05. The molecule has 1 N–H and O–H groups in total. The lowest BCUT2D eigenvalue weighted by molar-refractivity contribution is 0.498. The highest BCUT2D eigenvalue weighted by Gasteiger charge is 2.36. The van der Waals surface area contributed by atoms with Crippen LogP contribution in [0.2, 0.25) is 0 Å². The number of anilines is 1. The quantitative estimate of drug-likeness (QED) is 0.207. The van der Waals surface area contributed by atoms with E-state index in [1.54, 1.807) is 0 Å². The van der Waals surface area contributed by atoms with Crippen molar-refractivity contribution < 1.29 is 9.09 Å². The molecule has 0 aromatic heterocycles. The van der Waals surface area contributed by atoms with Gasteiger partial charge < -0.3 is 9.61 Å². The fourth-order valence-electron chi connectivity index (χ4n) is 5.20. The molecule has 1 heterocycles. The first-order valence-corrected chi connectivity index (χ1v) is 13.3. The summed E-state index contributed by atoms with van der Waals surface area (Å²) in [5.74, 6) is 0.572. The average Bonchev–Trinajstić information content (AvgIpc) is 2.87. The highest BCUT2D eigenvalue weighted by atomic mass is 31.2. The maximum atomic E-state index is 14.5. The first-order valence-electron chi connectivity index (χ1n) is 11.7. The summed E-state index contributed by atoms with van der Waals surface area (Å²) in [6.07, 6.45) is 2.06. The van der Waals surface area contributed by atoms with Crippen molar-refractivity contribution in [3.8, 4) is 5.75 Å². The van der Waals surface area contributed by atoms with Crippen LogP contribution in [0, 0.1) is 6.92 Å². The Morgan fingerprint density at radius 3 is 2.20 bits per heavy atom. The van der Waals surface area contributed by atoms with Gasteiger partial charge in [0, 0.05) is 5.56 Å². The molecule has 7 rings (SSSR count). The minimum absolute atomic E-state index is 0.572. The molecule has 0 saturated heterocycles. The monoisotopic (exact) mass is 471 g/mol. The van der Waals surface area contributed by atoms with Gasteiger partial charge in [-0.1, -0.05) is 90.5 Å². The largest absolute Gasteiger partial charge is 0.426 e. The van der Waals surface area contributed by atoms with Gasteiger partial charge in [0.1, 0.15) is 5.75 Å². The van der Waals surface area contributed by atoms with Crippen molar-refractivity contribution in [3.05, 3.63) is 120 Å². The average molecular weight is 471 g/mol. The van der Waals surface area contributed by atoms with E-state index in [2.05, 4.69) is 66.6 Å². The van der Waals surface area contributed by atoms with Crippen LogP contribution in [0.3, 0.4) is 0 Å². The molecule has 4 heteroatoms. The van der Waals surface area contributed by atoms with E-state index in [1.807, 2.05) is 54.6 Å². The molecule has 0 bridgehead atoms. The van der Waals surface area contributed by atoms with E-state index in [9.17, 15) is 4.57 Å². The van der Waals surface area contributed by atoms with Crippen LogP contribution in [0.25, 0.3) is 43.7 Å². The highest BCUT2D eigenvalue weighted by Crippen LogP contribution is 2.63. The lowest BCUT2D eigenvalue weighted by Gasteiger charge is -2.30. The van der Waals surface area contributed by atoms with Crippen LogP contribution < -0.4 is 9.61 Å². The van der Waals surface area contributed by atoms with E-state index < -0.39 is 7.52 Å². The predicted octanol–water partition coefficient (Wildman–Crippen LogP) is 9.09. The Hall–Kier alpha value is -4.07. The summed E-state index contributed by atoms with van der Waals surface area (Å²) in [5.41, 5.74) is 3.90. The van der Waals surface area contributed by atoms with E-state index in [-0.39, 0.29) is 0 Å². The van der Waals surface area contributed by atoms with Gasteiger partial charge in [0.15, 0.2) is 0 Å². The molecule has 0 spiro atoms. The van der Waals surface area contributed by atoms with Crippen LogP contribution in [0.15, 0.2) is 103 Å². The van der Waals surface area contributed by atoms with Gasteiger partial charge in [-0.05, 0) is 69.1 Å². The van der Waals surface area contributed by atoms with Crippen molar-refractivity contribution in [1.29, 1.82) is 0 Å². The fraction of sp³-hybridized carbons (Fsp3) is 0.0323. The summed E-state index contributed by atoms with van der Waals surface area (Å²) in [5, 5.41) is 11.2. The molecule has 0 fully saturated rings. The van der Waals surface area contributed by atoms with E-state index in [0.717, 1.165) is 33.2 Å². The van der Waals surface area contributed by atoms with E-state index in [1.165, 1.54) is 21.5 Å². The Kier molecular flexibility index (Phi) is 4.33. The molecule has 35 heavy (non-hydrogen) atoms. The number of para-hydroxylation sites is 1. The van der Waals surface area contributed by atoms with Crippen molar-refractivity contribution in [2.45, 2.75) is 6.92 Å². The van der Waals surface area contributed by atoms with Crippen LogP contribution >= 0.6 is 7.52 Å². The number of aryl methyl sites for hydroxylation is 1. The molecule has 0 radical (unpaired) electrons. The number of fused-ring (bicyclic) bond motifs is 2. The molecular weight excluding hydrogens is 449 g/mol. The zero-order valence-electron chi connectivity index (χ0n) is 19.2. The Labute approximate surface area is 203 Å². The third-order valence-corrected chi connectivity index (χ3v) is 8.90. The second-order valence-electron chi connectivity index (χ2n) is 9.16.